The van der Waals surface area contributed by atoms with E-state index in [0.717, 1.165) is 16.3 Å². The molecule has 2 aromatic carbocycles. The van der Waals surface area contributed by atoms with Crippen LogP contribution in [0.2, 0.25) is 10.1 Å². The van der Waals surface area contributed by atoms with Gasteiger partial charge in [-0.25, -0.2) is 4.99 Å². The predicted molar refractivity (Wildman–Crippen MR) is 105 cm³/mol. The number of hydrogen-bond acceptors (Lipinski definition) is 2. The first-order valence-electron chi connectivity index (χ1n) is 8.50. The van der Waals surface area contributed by atoms with E-state index in [1.165, 1.54) is 10.4 Å². The molecule has 0 amide bonds. The largest absolute Gasteiger partial charge is 0.508 e. The number of aromatic hydroxyl groups is 1. The third kappa shape index (κ3) is 2.18. The molecule has 0 bridgehead atoms. The highest BCUT2D eigenvalue weighted by atomic mass is 28.3. The quantitative estimate of drug-likeness (QED) is 0.736. The van der Waals surface area contributed by atoms with Gasteiger partial charge in [-0.15, -0.1) is 0 Å². The molecule has 0 aliphatic carbocycles. The molecule has 0 aromatic heterocycles. The smallest absolute Gasteiger partial charge is 0.134 e. The van der Waals surface area contributed by atoms with Crippen LogP contribution in [0.15, 0.2) is 41.4 Å². The van der Waals surface area contributed by atoms with Gasteiger partial charge in [-0.3, -0.25) is 0 Å². The standard InChI is InChI=1S/C21H27NOSi/c1-14-8-10-16-18(12-14)24(20(2,3)4,21(5,6)7)19-13-15(23)9-11-17(19)22-16/h8-13,23H,1H2,2-7H3. The molecule has 1 aliphatic heterocycles. The van der Waals surface area contributed by atoms with Crippen molar-refractivity contribution in [1.29, 1.82) is 0 Å². The van der Waals surface area contributed by atoms with E-state index in [9.17, 15) is 5.11 Å². The molecule has 2 aromatic rings. The maximum atomic E-state index is 10.2. The number of nitrogens with zero attached hydrogens (tertiary/aromatic N) is 1. The summed E-state index contributed by atoms with van der Waals surface area (Å²) >= 11 is 0. The Morgan fingerprint density at radius 2 is 1.50 bits per heavy atom. The van der Waals surface area contributed by atoms with Gasteiger partial charge in [0.2, 0.25) is 0 Å². The molecule has 0 fully saturated rings. The van der Waals surface area contributed by atoms with E-state index in [4.69, 9.17) is 4.99 Å². The lowest BCUT2D eigenvalue weighted by Crippen LogP contribution is -2.74. The van der Waals surface area contributed by atoms with Crippen LogP contribution in [0.1, 0.15) is 41.5 Å². The average Bonchev–Trinajstić information content (AvgIpc) is 2.42. The Bertz CT molecular complexity index is 902. The van der Waals surface area contributed by atoms with Gasteiger partial charge in [-0.05, 0) is 49.9 Å². The summed E-state index contributed by atoms with van der Waals surface area (Å²) in [5.74, 6) is 0.323. The van der Waals surface area contributed by atoms with Crippen molar-refractivity contribution in [2.24, 2.45) is 4.99 Å². The fraction of sp³-hybridized carbons (Fsp3) is 0.381. The molecule has 0 atom stereocenters. The van der Waals surface area contributed by atoms with E-state index in [-0.39, 0.29) is 10.1 Å². The molecule has 1 N–H and O–H groups in total. The third-order valence-electron chi connectivity index (χ3n) is 5.34. The summed E-state index contributed by atoms with van der Waals surface area (Å²) in [6.45, 7) is 18.2. The monoisotopic (exact) mass is 337 g/mol. The first-order chi connectivity index (χ1) is 11.0. The second kappa shape index (κ2) is 5.06. The molecule has 0 unspecified atom stereocenters. The van der Waals surface area contributed by atoms with Crippen LogP contribution >= 0.6 is 0 Å². The van der Waals surface area contributed by atoms with Gasteiger partial charge in [-0.2, -0.15) is 0 Å². The van der Waals surface area contributed by atoms with E-state index in [1.54, 1.807) is 6.07 Å². The number of fused-ring (bicyclic) bond motifs is 2. The zero-order valence-electron chi connectivity index (χ0n) is 15.6. The number of phenolic OH excluding ortho intramolecular Hbond substituents is 1. The van der Waals surface area contributed by atoms with Gasteiger partial charge in [0, 0.05) is 0 Å². The number of rotatable bonds is 0. The van der Waals surface area contributed by atoms with Gasteiger partial charge in [0.25, 0.3) is 0 Å². The van der Waals surface area contributed by atoms with Crippen LogP contribution in [0.5, 0.6) is 5.75 Å². The van der Waals surface area contributed by atoms with Crippen LogP contribution in [-0.2, 0) is 0 Å². The molecular weight excluding hydrogens is 310 g/mol. The SMILES string of the molecule is C=c1ccc2c(c1)[Si](C(C)(C)C)(C(C)(C)C)c1cc(O)ccc1N=2. The summed E-state index contributed by atoms with van der Waals surface area (Å²) in [4.78, 5) is 4.91. The normalized spacial score (nSPS) is 16.1. The molecule has 126 valence electrons. The van der Waals surface area contributed by atoms with Gasteiger partial charge in [0.05, 0.1) is 11.0 Å². The van der Waals surface area contributed by atoms with Gasteiger partial charge < -0.3 is 5.11 Å². The molecule has 1 heterocycles. The van der Waals surface area contributed by atoms with E-state index in [1.807, 2.05) is 18.2 Å². The van der Waals surface area contributed by atoms with Crippen molar-refractivity contribution >= 4 is 30.7 Å². The Labute approximate surface area is 145 Å². The van der Waals surface area contributed by atoms with Gasteiger partial charge in [0.1, 0.15) is 13.8 Å². The molecule has 0 radical (unpaired) electrons. The Balaban J connectivity index is 2.62. The zero-order chi connectivity index (χ0) is 17.9. The van der Waals surface area contributed by atoms with Crippen LogP contribution in [0.4, 0.5) is 5.69 Å². The van der Waals surface area contributed by atoms with Crippen LogP contribution < -0.4 is 20.9 Å². The number of benzene rings is 2. The first-order valence-corrected chi connectivity index (χ1v) is 10.5. The van der Waals surface area contributed by atoms with E-state index < -0.39 is 8.07 Å². The minimum atomic E-state index is -2.28. The summed E-state index contributed by atoms with van der Waals surface area (Å²) in [5.41, 5.74) is 1.01. The highest BCUT2D eigenvalue weighted by Crippen LogP contribution is 2.51. The summed E-state index contributed by atoms with van der Waals surface area (Å²) in [7, 11) is -2.28. The molecule has 1 aliphatic rings. The van der Waals surface area contributed by atoms with Crippen molar-refractivity contribution in [3.8, 4) is 5.75 Å². The molecule has 24 heavy (non-hydrogen) atoms. The van der Waals surface area contributed by atoms with Crippen molar-refractivity contribution in [2.45, 2.75) is 51.6 Å². The highest BCUT2D eigenvalue weighted by Gasteiger charge is 2.58. The minimum absolute atomic E-state index is 0.0618. The minimum Gasteiger partial charge on any atom is -0.508 e. The summed E-state index contributed by atoms with van der Waals surface area (Å²) in [6, 6.07) is 12.0. The Morgan fingerprint density at radius 3 is 2.08 bits per heavy atom. The first kappa shape index (κ1) is 17.0. The second-order valence-electron chi connectivity index (χ2n) is 8.91. The van der Waals surface area contributed by atoms with Crippen LogP contribution in [-0.4, -0.2) is 13.2 Å². The molecular formula is C21H27NOSi. The Hall–Kier alpha value is -1.87. The average molecular weight is 338 g/mol. The van der Waals surface area contributed by atoms with Gasteiger partial charge in [-0.1, -0.05) is 60.3 Å². The fourth-order valence-corrected chi connectivity index (χ4v) is 12.5. The molecule has 2 nitrogen and oxygen atoms in total. The van der Waals surface area contributed by atoms with Crippen molar-refractivity contribution in [3.63, 3.8) is 0 Å². The predicted octanol–water partition coefficient (Wildman–Crippen LogP) is 3.23. The van der Waals surface area contributed by atoms with E-state index in [0.29, 0.717) is 5.75 Å². The van der Waals surface area contributed by atoms with E-state index in [2.05, 4.69) is 60.3 Å². The Morgan fingerprint density at radius 1 is 0.875 bits per heavy atom. The lowest BCUT2D eigenvalue weighted by Gasteiger charge is -2.54. The van der Waals surface area contributed by atoms with E-state index >= 15 is 0 Å². The molecule has 0 saturated heterocycles. The van der Waals surface area contributed by atoms with Crippen LogP contribution in [0.3, 0.4) is 0 Å². The van der Waals surface area contributed by atoms with Crippen LogP contribution in [0, 0.1) is 0 Å². The van der Waals surface area contributed by atoms with Crippen molar-refractivity contribution in [2.75, 3.05) is 0 Å². The number of phenols is 1. The van der Waals surface area contributed by atoms with Crippen molar-refractivity contribution in [1.82, 2.24) is 0 Å². The summed E-state index contributed by atoms with van der Waals surface area (Å²) in [6.07, 6.45) is 0. The molecule has 0 spiro atoms. The van der Waals surface area contributed by atoms with Crippen molar-refractivity contribution in [3.05, 3.63) is 47.0 Å². The molecule has 3 heteroatoms. The fourth-order valence-electron chi connectivity index (χ4n) is 4.92. The molecule has 0 saturated carbocycles. The Kier molecular flexibility index (Phi) is 3.58. The lowest BCUT2D eigenvalue weighted by molar-refractivity contribution is 0.475. The van der Waals surface area contributed by atoms with Crippen LogP contribution in [0.25, 0.3) is 6.58 Å². The highest BCUT2D eigenvalue weighted by molar-refractivity contribution is 7.07. The van der Waals surface area contributed by atoms with Gasteiger partial charge in [0.15, 0.2) is 0 Å². The van der Waals surface area contributed by atoms with Crippen molar-refractivity contribution < 1.29 is 5.11 Å². The topological polar surface area (TPSA) is 32.6 Å². The zero-order valence-corrected chi connectivity index (χ0v) is 16.6. The summed E-state index contributed by atoms with van der Waals surface area (Å²) < 4.78 is 0. The maximum absolute atomic E-state index is 10.2. The molecule has 3 rings (SSSR count). The lowest BCUT2D eigenvalue weighted by atomic mass is 10.2. The number of hydrogen-bond donors (Lipinski definition) is 1. The second-order valence-corrected chi connectivity index (χ2v) is 14.5. The maximum Gasteiger partial charge on any atom is 0.134 e. The summed E-state index contributed by atoms with van der Waals surface area (Å²) in [5, 5.41) is 15.0. The van der Waals surface area contributed by atoms with Gasteiger partial charge >= 0.3 is 0 Å². The third-order valence-corrected chi connectivity index (χ3v) is 12.3.